The van der Waals surface area contributed by atoms with Gasteiger partial charge in [0.2, 0.25) is 0 Å². The lowest BCUT2D eigenvalue weighted by Gasteiger charge is -2.19. The predicted octanol–water partition coefficient (Wildman–Crippen LogP) is 4.37. The first-order valence-corrected chi connectivity index (χ1v) is 12.6. The second-order valence-electron chi connectivity index (χ2n) is 9.87. The van der Waals surface area contributed by atoms with Gasteiger partial charge in [-0.3, -0.25) is 13.9 Å². The number of imidazole rings is 1. The number of aromatic nitrogens is 4. The van der Waals surface area contributed by atoms with E-state index < -0.39 is 17.3 Å². The van der Waals surface area contributed by atoms with Crippen LogP contribution in [0.1, 0.15) is 53.8 Å². The van der Waals surface area contributed by atoms with Gasteiger partial charge < -0.3 is 9.40 Å². The van der Waals surface area contributed by atoms with E-state index in [2.05, 4.69) is 10.1 Å². The monoisotopic (exact) mass is 515 g/mol. The molecule has 0 saturated heterocycles. The highest BCUT2D eigenvalue weighted by Gasteiger charge is 2.26. The van der Waals surface area contributed by atoms with Gasteiger partial charge in [-0.05, 0) is 74.9 Å². The van der Waals surface area contributed by atoms with Crippen LogP contribution >= 0.6 is 0 Å². The lowest BCUT2D eigenvalue weighted by Crippen LogP contribution is -2.44. The van der Waals surface area contributed by atoms with Crippen LogP contribution in [0.15, 0.2) is 75.9 Å². The summed E-state index contributed by atoms with van der Waals surface area (Å²) in [7, 11) is 1.43. The molecule has 2 heterocycles. The normalized spacial score (nSPS) is 14.5. The molecular formula is C29H30FN5O3. The minimum absolute atomic E-state index is 0.256. The minimum Gasteiger partial charge on any atom is -0.399 e. The van der Waals surface area contributed by atoms with Gasteiger partial charge in [0.15, 0.2) is 0 Å². The first-order valence-electron chi connectivity index (χ1n) is 12.6. The third-order valence-corrected chi connectivity index (χ3v) is 6.98. The molecular weight excluding hydrogens is 485 g/mol. The first-order chi connectivity index (χ1) is 18.3. The maximum Gasteiger partial charge on any atom is 0.331 e. The van der Waals surface area contributed by atoms with Crippen LogP contribution in [0.4, 0.5) is 4.39 Å². The molecule has 1 saturated carbocycles. The van der Waals surface area contributed by atoms with Crippen molar-refractivity contribution in [1.82, 2.24) is 18.7 Å². The molecule has 0 radical (unpaired) electrons. The fourth-order valence-electron chi connectivity index (χ4n) is 4.72. The maximum absolute atomic E-state index is 13.9. The van der Waals surface area contributed by atoms with Crippen LogP contribution in [0.5, 0.6) is 0 Å². The summed E-state index contributed by atoms with van der Waals surface area (Å²) in [6.07, 6.45) is 7.38. The third kappa shape index (κ3) is 4.96. The molecule has 2 aromatic carbocycles. The van der Waals surface area contributed by atoms with E-state index in [0.717, 1.165) is 29.8 Å². The van der Waals surface area contributed by atoms with Gasteiger partial charge in [-0.1, -0.05) is 23.4 Å². The molecule has 0 amide bonds. The molecule has 196 valence electrons. The van der Waals surface area contributed by atoms with Crippen LogP contribution in [-0.4, -0.2) is 31.5 Å². The van der Waals surface area contributed by atoms with E-state index in [1.807, 2.05) is 42.8 Å². The van der Waals surface area contributed by atoms with Crippen LogP contribution in [-0.2, 0) is 11.4 Å². The van der Waals surface area contributed by atoms with E-state index in [-0.39, 0.29) is 11.4 Å². The van der Waals surface area contributed by atoms with Gasteiger partial charge in [0.05, 0.1) is 23.6 Å². The van der Waals surface area contributed by atoms with Gasteiger partial charge in [0.25, 0.3) is 5.56 Å². The Balaban J connectivity index is 1.65. The molecule has 9 heteroatoms. The number of oxime groups is 1. The second-order valence-corrected chi connectivity index (χ2v) is 9.87. The van der Waals surface area contributed by atoms with Gasteiger partial charge in [0, 0.05) is 30.2 Å². The first kappa shape index (κ1) is 25.4. The predicted molar refractivity (Wildman–Crippen MR) is 144 cm³/mol. The Hall–Kier alpha value is -4.27. The zero-order valence-corrected chi connectivity index (χ0v) is 21.9. The summed E-state index contributed by atoms with van der Waals surface area (Å²) >= 11 is 0. The van der Waals surface area contributed by atoms with E-state index in [9.17, 15) is 14.0 Å². The van der Waals surface area contributed by atoms with E-state index in [0.29, 0.717) is 29.3 Å². The van der Waals surface area contributed by atoms with Crippen LogP contribution in [0, 0.1) is 25.6 Å². The molecule has 1 atom stereocenters. The van der Waals surface area contributed by atoms with E-state index in [1.54, 1.807) is 36.1 Å². The van der Waals surface area contributed by atoms with Crippen molar-refractivity contribution in [1.29, 1.82) is 0 Å². The average Bonchev–Trinajstić information content (AvgIpc) is 3.62. The van der Waals surface area contributed by atoms with Crippen LogP contribution in [0.2, 0.25) is 0 Å². The van der Waals surface area contributed by atoms with Gasteiger partial charge in [-0.15, -0.1) is 0 Å². The smallest absolute Gasteiger partial charge is 0.331 e. The lowest BCUT2D eigenvalue weighted by molar-refractivity contribution is 0.214. The number of aryl methyl sites for hydroxylation is 2. The zero-order valence-electron chi connectivity index (χ0n) is 21.9. The molecule has 0 aliphatic heterocycles. The SMILES string of the molecule is CO/N=C(/c1ccc(-n2cnc(C)c2)c(C)c1)c1cn(CC2CC2)c(=O)n(C(C)c2ccc(F)cc2)c1=O. The Labute approximate surface area is 219 Å². The summed E-state index contributed by atoms with van der Waals surface area (Å²) in [5.41, 5.74) is 3.85. The molecule has 1 unspecified atom stereocenters. The minimum atomic E-state index is -0.613. The van der Waals surface area contributed by atoms with Crippen LogP contribution in [0.25, 0.3) is 5.69 Å². The fraction of sp³-hybridized carbons (Fsp3) is 0.310. The number of benzene rings is 2. The van der Waals surface area contributed by atoms with Crippen molar-refractivity contribution in [2.75, 3.05) is 7.11 Å². The summed E-state index contributed by atoms with van der Waals surface area (Å²) in [5, 5.41) is 4.24. The number of rotatable bonds is 8. The van der Waals surface area contributed by atoms with Crippen molar-refractivity contribution in [3.63, 3.8) is 0 Å². The highest BCUT2D eigenvalue weighted by atomic mass is 19.1. The molecule has 1 aliphatic rings. The number of hydrogen-bond acceptors (Lipinski definition) is 5. The molecule has 1 fully saturated rings. The van der Waals surface area contributed by atoms with Gasteiger partial charge in [0.1, 0.15) is 18.6 Å². The van der Waals surface area contributed by atoms with Crippen molar-refractivity contribution in [3.8, 4) is 5.69 Å². The van der Waals surface area contributed by atoms with Crippen molar-refractivity contribution in [2.24, 2.45) is 11.1 Å². The topological polar surface area (TPSA) is 83.4 Å². The lowest BCUT2D eigenvalue weighted by atomic mass is 10.0. The molecule has 0 bridgehead atoms. The Kier molecular flexibility index (Phi) is 6.84. The summed E-state index contributed by atoms with van der Waals surface area (Å²) in [6.45, 7) is 6.18. The maximum atomic E-state index is 13.9. The molecule has 0 N–H and O–H groups in total. The van der Waals surface area contributed by atoms with Crippen molar-refractivity contribution < 1.29 is 9.23 Å². The van der Waals surface area contributed by atoms with Gasteiger partial charge in [-0.25, -0.2) is 14.2 Å². The van der Waals surface area contributed by atoms with Crippen molar-refractivity contribution in [2.45, 2.75) is 46.2 Å². The van der Waals surface area contributed by atoms with Gasteiger partial charge >= 0.3 is 5.69 Å². The van der Waals surface area contributed by atoms with Gasteiger partial charge in [-0.2, -0.15) is 0 Å². The van der Waals surface area contributed by atoms with Crippen molar-refractivity contribution in [3.05, 3.63) is 116 Å². The van der Waals surface area contributed by atoms with E-state index in [4.69, 9.17) is 4.84 Å². The molecule has 5 rings (SSSR count). The van der Waals surface area contributed by atoms with Crippen molar-refractivity contribution >= 4 is 5.71 Å². The van der Waals surface area contributed by atoms with E-state index in [1.165, 1.54) is 23.8 Å². The molecule has 8 nitrogen and oxygen atoms in total. The average molecular weight is 516 g/mol. The molecule has 0 spiro atoms. The zero-order chi connectivity index (χ0) is 27.0. The molecule has 38 heavy (non-hydrogen) atoms. The highest BCUT2D eigenvalue weighted by Crippen LogP contribution is 2.30. The largest absolute Gasteiger partial charge is 0.399 e. The Morgan fingerprint density at radius 2 is 1.87 bits per heavy atom. The Bertz CT molecular complexity index is 1630. The Morgan fingerprint density at radius 1 is 1.13 bits per heavy atom. The molecule has 1 aliphatic carbocycles. The van der Waals surface area contributed by atoms with Crippen LogP contribution < -0.4 is 11.2 Å². The summed E-state index contributed by atoms with van der Waals surface area (Å²) in [4.78, 5) is 36.9. The standard InChI is InChI=1S/C29H30FN5O3/c1-18-13-23(9-12-26(18)34-14-19(2)31-17-34)27(32-38-4)25-16-33(15-21-5-6-21)29(37)35(28(25)36)20(3)22-7-10-24(30)11-8-22/h7-14,16-17,20-21H,5-6,15H2,1-4H3/b32-27-. The molecule has 4 aromatic rings. The Morgan fingerprint density at radius 3 is 2.47 bits per heavy atom. The number of halogens is 1. The quantitative estimate of drug-likeness (QED) is 0.258. The second kappa shape index (κ2) is 10.2. The summed E-state index contributed by atoms with van der Waals surface area (Å²) in [5.74, 6) is 0.0167. The number of nitrogens with zero attached hydrogens (tertiary/aromatic N) is 5. The summed E-state index contributed by atoms with van der Waals surface area (Å²) in [6, 6.07) is 11.0. The van der Waals surface area contributed by atoms with Crippen LogP contribution in [0.3, 0.4) is 0 Å². The van der Waals surface area contributed by atoms with E-state index >= 15 is 0 Å². The fourth-order valence-corrected chi connectivity index (χ4v) is 4.72. The third-order valence-electron chi connectivity index (χ3n) is 6.98. The molecule has 2 aromatic heterocycles. The summed E-state index contributed by atoms with van der Waals surface area (Å²) < 4.78 is 18.3. The number of hydrogen-bond donors (Lipinski definition) is 0. The highest BCUT2D eigenvalue weighted by molar-refractivity contribution is 6.12.